The second kappa shape index (κ2) is 5.84. The smallest absolute Gasteiger partial charge is 0.118 e. The Morgan fingerprint density at radius 2 is 2.42 bits per heavy atom. The maximum Gasteiger partial charge on any atom is 0.118 e. The highest BCUT2D eigenvalue weighted by Crippen LogP contribution is 2.21. The first-order valence-corrected chi connectivity index (χ1v) is 5.90. The molecule has 72 valence electrons. The van der Waals surface area contributed by atoms with Crippen LogP contribution in [0.15, 0.2) is 0 Å². The fourth-order valence-corrected chi connectivity index (χ4v) is 2.58. The molecule has 1 saturated heterocycles. The number of ether oxygens (including phenoxy) is 1. The Morgan fingerprint density at radius 3 is 2.92 bits per heavy atom. The molecule has 1 rings (SSSR count). The molecule has 0 saturated carbocycles. The van der Waals surface area contributed by atoms with Crippen molar-refractivity contribution in [2.45, 2.75) is 38.2 Å². The van der Waals surface area contributed by atoms with E-state index in [9.17, 15) is 0 Å². The molecule has 1 N–H and O–H groups in total. The molecule has 2 nitrogen and oxygen atoms in total. The van der Waals surface area contributed by atoms with Crippen LogP contribution in [-0.4, -0.2) is 30.4 Å². The summed E-state index contributed by atoms with van der Waals surface area (Å²) in [6.07, 6.45) is 2.58. The first-order valence-electron chi connectivity index (χ1n) is 4.85. The molecule has 12 heavy (non-hydrogen) atoms. The molecule has 0 bridgehead atoms. The minimum Gasteiger partial charge on any atom is -0.366 e. The van der Waals surface area contributed by atoms with Crippen LogP contribution in [0.4, 0.5) is 0 Å². The van der Waals surface area contributed by atoms with E-state index < -0.39 is 0 Å². The molecule has 0 aromatic heterocycles. The van der Waals surface area contributed by atoms with Crippen LogP contribution in [0, 0.1) is 0 Å². The highest BCUT2D eigenvalue weighted by atomic mass is 32.2. The lowest BCUT2D eigenvalue weighted by Gasteiger charge is -2.22. The fourth-order valence-electron chi connectivity index (χ4n) is 1.55. The number of rotatable bonds is 5. The molecule has 0 aliphatic carbocycles. The van der Waals surface area contributed by atoms with Crippen molar-refractivity contribution in [3.63, 3.8) is 0 Å². The third-order valence-corrected chi connectivity index (χ3v) is 3.22. The highest BCUT2D eigenvalue weighted by Gasteiger charge is 2.24. The minimum atomic E-state index is 0.377. The van der Waals surface area contributed by atoms with E-state index in [1.54, 1.807) is 0 Å². The van der Waals surface area contributed by atoms with Crippen LogP contribution in [0.25, 0.3) is 0 Å². The van der Waals surface area contributed by atoms with Crippen molar-refractivity contribution in [2.75, 3.05) is 18.9 Å². The molecule has 0 radical (unpaired) electrons. The van der Waals surface area contributed by atoms with Gasteiger partial charge in [0.2, 0.25) is 0 Å². The summed E-state index contributed by atoms with van der Waals surface area (Å²) >= 11 is 1.91. The van der Waals surface area contributed by atoms with E-state index in [0.29, 0.717) is 11.5 Å². The molecule has 0 aromatic rings. The van der Waals surface area contributed by atoms with Crippen molar-refractivity contribution in [1.29, 1.82) is 0 Å². The van der Waals surface area contributed by atoms with Gasteiger partial charge in [0, 0.05) is 12.6 Å². The summed E-state index contributed by atoms with van der Waals surface area (Å²) in [5.74, 6) is 1.14. The Balaban J connectivity index is 2.29. The molecule has 0 aromatic carbocycles. The summed E-state index contributed by atoms with van der Waals surface area (Å²) in [6.45, 7) is 6.25. The van der Waals surface area contributed by atoms with E-state index in [1.165, 1.54) is 19.4 Å². The highest BCUT2D eigenvalue weighted by molar-refractivity contribution is 7.99. The van der Waals surface area contributed by atoms with Crippen LogP contribution in [0.5, 0.6) is 0 Å². The largest absolute Gasteiger partial charge is 0.366 e. The lowest BCUT2D eigenvalue weighted by Crippen LogP contribution is -2.34. The Kier molecular flexibility index (Phi) is 5.04. The van der Waals surface area contributed by atoms with Gasteiger partial charge >= 0.3 is 0 Å². The Morgan fingerprint density at radius 1 is 1.58 bits per heavy atom. The van der Waals surface area contributed by atoms with Gasteiger partial charge in [-0.05, 0) is 32.1 Å². The summed E-state index contributed by atoms with van der Waals surface area (Å²) in [6, 6.07) is 0.592. The van der Waals surface area contributed by atoms with Gasteiger partial charge in [0.05, 0.1) is 0 Å². The Hall–Kier alpha value is 0.270. The molecule has 3 heteroatoms. The molecule has 1 heterocycles. The van der Waals surface area contributed by atoms with Gasteiger partial charge in [-0.1, -0.05) is 6.92 Å². The van der Waals surface area contributed by atoms with Gasteiger partial charge in [-0.3, -0.25) is 0 Å². The van der Waals surface area contributed by atoms with Crippen molar-refractivity contribution in [1.82, 2.24) is 5.32 Å². The Bertz CT molecular complexity index is 109. The molecule has 0 amide bonds. The quantitative estimate of drug-likeness (QED) is 0.667. The van der Waals surface area contributed by atoms with Gasteiger partial charge in [-0.2, -0.15) is 0 Å². The van der Waals surface area contributed by atoms with Crippen LogP contribution >= 0.6 is 11.8 Å². The molecule has 2 atom stereocenters. The molecule has 0 spiro atoms. The Labute approximate surface area is 79.4 Å². The van der Waals surface area contributed by atoms with Crippen molar-refractivity contribution < 1.29 is 4.74 Å². The maximum absolute atomic E-state index is 5.67. The predicted octanol–water partition coefficient (Wildman–Crippen LogP) is 1.85. The zero-order chi connectivity index (χ0) is 8.81. The summed E-state index contributed by atoms with van der Waals surface area (Å²) < 4.78 is 5.67. The third-order valence-electron chi connectivity index (χ3n) is 2.09. The van der Waals surface area contributed by atoms with Crippen LogP contribution < -0.4 is 5.32 Å². The number of thioether (sulfide) groups is 1. The summed E-state index contributed by atoms with van der Waals surface area (Å²) in [5.41, 5.74) is 0.377. The van der Waals surface area contributed by atoms with E-state index in [2.05, 4.69) is 19.2 Å². The molecule has 1 fully saturated rings. The monoisotopic (exact) mass is 189 g/mol. The topological polar surface area (TPSA) is 21.3 Å². The summed E-state index contributed by atoms with van der Waals surface area (Å²) in [5, 5.41) is 3.48. The van der Waals surface area contributed by atoms with Crippen LogP contribution in [-0.2, 0) is 4.74 Å². The van der Waals surface area contributed by atoms with E-state index in [-0.39, 0.29) is 0 Å². The van der Waals surface area contributed by atoms with E-state index in [1.807, 2.05) is 11.8 Å². The number of nitrogens with one attached hydrogen (secondary N) is 1. The molecular formula is C9H19NOS. The second-order valence-electron chi connectivity index (χ2n) is 2.98. The number of hydrogen-bond acceptors (Lipinski definition) is 3. The fraction of sp³-hybridized carbons (Fsp3) is 1.00. The van der Waals surface area contributed by atoms with E-state index in [4.69, 9.17) is 4.74 Å². The number of hydrogen-bond donors (Lipinski definition) is 1. The normalized spacial score (nSPS) is 26.0. The van der Waals surface area contributed by atoms with Gasteiger partial charge in [-0.15, -0.1) is 11.8 Å². The molecule has 1 aliphatic heterocycles. The van der Waals surface area contributed by atoms with Crippen molar-refractivity contribution in [3.8, 4) is 0 Å². The van der Waals surface area contributed by atoms with Gasteiger partial charge in [0.25, 0.3) is 0 Å². The summed E-state index contributed by atoms with van der Waals surface area (Å²) in [7, 11) is 0. The van der Waals surface area contributed by atoms with Gasteiger partial charge in [-0.25, -0.2) is 0 Å². The maximum atomic E-state index is 5.67. The third kappa shape index (κ3) is 2.96. The SMILES string of the molecule is CCOC(SCC)[C@@H]1CCCN1. The van der Waals surface area contributed by atoms with Gasteiger partial charge in [0.1, 0.15) is 5.44 Å². The van der Waals surface area contributed by atoms with E-state index >= 15 is 0 Å². The second-order valence-corrected chi connectivity index (χ2v) is 4.36. The van der Waals surface area contributed by atoms with E-state index in [0.717, 1.165) is 12.4 Å². The van der Waals surface area contributed by atoms with Crippen LogP contribution in [0.1, 0.15) is 26.7 Å². The zero-order valence-corrected chi connectivity index (χ0v) is 8.82. The average molecular weight is 189 g/mol. The predicted molar refractivity (Wildman–Crippen MR) is 54.6 cm³/mol. The first kappa shape index (κ1) is 10.4. The van der Waals surface area contributed by atoms with Crippen LogP contribution in [0.3, 0.4) is 0 Å². The molecule has 1 unspecified atom stereocenters. The average Bonchev–Trinajstić information content (AvgIpc) is 2.56. The summed E-state index contributed by atoms with van der Waals surface area (Å²) in [4.78, 5) is 0. The van der Waals surface area contributed by atoms with Gasteiger partial charge < -0.3 is 10.1 Å². The minimum absolute atomic E-state index is 0.377. The van der Waals surface area contributed by atoms with Crippen LogP contribution in [0.2, 0.25) is 0 Å². The van der Waals surface area contributed by atoms with Crippen molar-refractivity contribution in [3.05, 3.63) is 0 Å². The molecule has 1 aliphatic rings. The first-order chi connectivity index (χ1) is 5.88. The lowest BCUT2D eigenvalue weighted by atomic mass is 10.2. The molecular weight excluding hydrogens is 170 g/mol. The standard InChI is InChI=1S/C9H19NOS/c1-3-11-9(12-4-2)8-6-5-7-10-8/h8-10H,3-7H2,1-2H3/t8-,9?/m0/s1. The van der Waals surface area contributed by atoms with Crippen molar-refractivity contribution >= 4 is 11.8 Å². The zero-order valence-electron chi connectivity index (χ0n) is 8.01. The van der Waals surface area contributed by atoms with Crippen molar-refractivity contribution in [2.24, 2.45) is 0 Å². The van der Waals surface area contributed by atoms with Gasteiger partial charge in [0.15, 0.2) is 0 Å². The lowest BCUT2D eigenvalue weighted by molar-refractivity contribution is 0.102.